The van der Waals surface area contributed by atoms with Gasteiger partial charge in [0.05, 0.1) is 0 Å². The summed E-state index contributed by atoms with van der Waals surface area (Å²) in [4.78, 5) is 4.01. The summed E-state index contributed by atoms with van der Waals surface area (Å²) in [7, 11) is 0. The normalized spacial score (nSPS) is 15.2. The average molecular weight is 219 g/mol. The molecule has 1 saturated carbocycles. The Morgan fingerprint density at radius 3 is 2.69 bits per heavy atom. The quantitative estimate of drug-likeness (QED) is 0.648. The molecule has 0 aliphatic heterocycles. The van der Waals surface area contributed by atoms with Gasteiger partial charge >= 0.3 is 0 Å². The molecule has 0 aromatic carbocycles. The fourth-order valence-electron chi connectivity index (χ4n) is 1.74. The van der Waals surface area contributed by atoms with Gasteiger partial charge in [0, 0.05) is 31.5 Å². The maximum atomic E-state index is 4.01. The van der Waals surface area contributed by atoms with E-state index < -0.39 is 0 Å². The Kier molecular flexibility index (Phi) is 4.77. The zero-order valence-electron chi connectivity index (χ0n) is 9.78. The van der Waals surface area contributed by atoms with E-state index in [0.29, 0.717) is 0 Å². The molecule has 2 N–H and O–H groups in total. The fourth-order valence-corrected chi connectivity index (χ4v) is 1.74. The molecule has 2 rings (SSSR count). The second kappa shape index (κ2) is 6.61. The lowest BCUT2D eigenvalue weighted by molar-refractivity contribution is 0.594. The molecule has 3 nitrogen and oxygen atoms in total. The Bertz CT molecular complexity index is 282. The van der Waals surface area contributed by atoms with Crippen molar-refractivity contribution in [3.05, 3.63) is 30.1 Å². The van der Waals surface area contributed by atoms with Crippen molar-refractivity contribution in [2.45, 2.75) is 31.7 Å². The Labute approximate surface area is 97.7 Å². The molecule has 0 saturated heterocycles. The molecule has 1 aliphatic rings. The highest BCUT2D eigenvalue weighted by molar-refractivity contribution is 5.09. The molecule has 1 aromatic heterocycles. The topological polar surface area (TPSA) is 37.0 Å². The van der Waals surface area contributed by atoms with Crippen LogP contribution >= 0.6 is 0 Å². The summed E-state index contributed by atoms with van der Waals surface area (Å²) in [6, 6.07) is 5.02. The largest absolute Gasteiger partial charge is 0.315 e. The van der Waals surface area contributed by atoms with Gasteiger partial charge in [-0.1, -0.05) is 0 Å². The van der Waals surface area contributed by atoms with E-state index in [9.17, 15) is 0 Å². The molecule has 1 heterocycles. The third kappa shape index (κ3) is 4.73. The molecule has 1 fully saturated rings. The standard InChI is InChI=1S/C13H21N3/c1(2-12-5-8-15-9-6-12)7-14-10-11-16-13-3-4-13/h5-6,8-9,13-14,16H,1-4,7,10-11H2. The van der Waals surface area contributed by atoms with Crippen LogP contribution < -0.4 is 10.6 Å². The van der Waals surface area contributed by atoms with Crippen LogP contribution in [0.25, 0.3) is 0 Å². The van der Waals surface area contributed by atoms with Gasteiger partial charge in [-0.2, -0.15) is 0 Å². The summed E-state index contributed by atoms with van der Waals surface area (Å²) in [5.74, 6) is 0. The maximum Gasteiger partial charge on any atom is 0.0270 e. The van der Waals surface area contributed by atoms with Crippen LogP contribution in [0.15, 0.2) is 24.5 Å². The second-order valence-corrected chi connectivity index (χ2v) is 4.44. The first-order valence-electron chi connectivity index (χ1n) is 6.28. The van der Waals surface area contributed by atoms with Crippen molar-refractivity contribution in [1.82, 2.24) is 15.6 Å². The number of nitrogens with one attached hydrogen (secondary N) is 2. The van der Waals surface area contributed by atoms with Crippen LogP contribution in [0.1, 0.15) is 24.8 Å². The first-order chi connectivity index (χ1) is 7.95. The van der Waals surface area contributed by atoms with E-state index in [4.69, 9.17) is 0 Å². The maximum absolute atomic E-state index is 4.01. The molecule has 0 bridgehead atoms. The van der Waals surface area contributed by atoms with Crippen LogP contribution in [0, 0.1) is 0 Å². The van der Waals surface area contributed by atoms with Crippen molar-refractivity contribution in [1.29, 1.82) is 0 Å². The predicted molar refractivity (Wildman–Crippen MR) is 66.5 cm³/mol. The predicted octanol–water partition coefficient (Wildman–Crippen LogP) is 1.36. The number of aromatic nitrogens is 1. The Balaban J connectivity index is 1.42. The van der Waals surface area contributed by atoms with Crippen LogP contribution in [-0.4, -0.2) is 30.7 Å². The Morgan fingerprint density at radius 2 is 1.94 bits per heavy atom. The van der Waals surface area contributed by atoms with Crippen LogP contribution in [0.3, 0.4) is 0 Å². The highest BCUT2D eigenvalue weighted by Gasteiger charge is 2.19. The lowest BCUT2D eigenvalue weighted by atomic mass is 10.1. The van der Waals surface area contributed by atoms with Crippen LogP contribution in [0.2, 0.25) is 0 Å². The molecule has 0 radical (unpaired) electrons. The summed E-state index contributed by atoms with van der Waals surface area (Å²) in [6.07, 6.45) is 8.83. The molecule has 3 heteroatoms. The number of pyridine rings is 1. The van der Waals surface area contributed by atoms with E-state index in [1.807, 2.05) is 12.4 Å². The lowest BCUT2D eigenvalue weighted by Gasteiger charge is -2.05. The Hall–Kier alpha value is -0.930. The van der Waals surface area contributed by atoms with Gasteiger partial charge in [0.25, 0.3) is 0 Å². The molecular formula is C13H21N3. The van der Waals surface area contributed by atoms with Crippen LogP contribution in [-0.2, 0) is 6.42 Å². The molecule has 0 unspecified atom stereocenters. The molecule has 1 aliphatic carbocycles. The number of rotatable bonds is 8. The van der Waals surface area contributed by atoms with E-state index in [0.717, 1.165) is 32.1 Å². The van der Waals surface area contributed by atoms with E-state index in [2.05, 4.69) is 27.8 Å². The summed E-state index contributed by atoms with van der Waals surface area (Å²) >= 11 is 0. The van der Waals surface area contributed by atoms with E-state index in [1.54, 1.807) is 0 Å². The van der Waals surface area contributed by atoms with Gasteiger partial charge in [-0.25, -0.2) is 0 Å². The second-order valence-electron chi connectivity index (χ2n) is 4.44. The van der Waals surface area contributed by atoms with Crippen molar-refractivity contribution in [3.8, 4) is 0 Å². The minimum absolute atomic E-state index is 0.832. The van der Waals surface area contributed by atoms with E-state index in [-0.39, 0.29) is 0 Å². The number of aryl methyl sites for hydroxylation is 1. The molecular weight excluding hydrogens is 198 g/mol. The molecule has 88 valence electrons. The third-order valence-corrected chi connectivity index (χ3v) is 2.88. The highest BCUT2D eigenvalue weighted by Crippen LogP contribution is 2.17. The molecule has 0 amide bonds. The zero-order valence-corrected chi connectivity index (χ0v) is 9.78. The van der Waals surface area contributed by atoms with Crippen molar-refractivity contribution in [2.24, 2.45) is 0 Å². The summed E-state index contributed by atoms with van der Waals surface area (Å²) in [5, 5.41) is 6.96. The molecule has 1 aromatic rings. The first-order valence-corrected chi connectivity index (χ1v) is 6.28. The van der Waals surface area contributed by atoms with Crippen molar-refractivity contribution >= 4 is 0 Å². The zero-order chi connectivity index (χ0) is 11.1. The summed E-state index contributed by atoms with van der Waals surface area (Å²) < 4.78 is 0. The van der Waals surface area contributed by atoms with Crippen LogP contribution in [0.5, 0.6) is 0 Å². The monoisotopic (exact) mass is 219 g/mol. The number of nitrogens with zero attached hydrogens (tertiary/aromatic N) is 1. The van der Waals surface area contributed by atoms with Gasteiger partial charge in [0.1, 0.15) is 0 Å². The van der Waals surface area contributed by atoms with Gasteiger partial charge in [0.2, 0.25) is 0 Å². The van der Waals surface area contributed by atoms with E-state index >= 15 is 0 Å². The SMILES string of the molecule is c1cc(CCCNCCNC2CC2)ccn1. The smallest absolute Gasteiger partial charge is 0.0270 e. The van der Waals surface area contributed by atoms with Gasteiger partial charge in [0.15, 0.2) is 0 Å². The Morgan fingerprint density at radius 1 is 1.12 bits per heavy atom. The third-order valence-electron chi connectivity index (χ3n) is 2.88. The van der Waals surface area contributed by atoms with Crippen LogP contribution in [0.4, 0.5) is 0 Å². The van der Waals surface area contributed by atoms with Gasteiger partial charge in [-0.05, 0) is 49.9 Å². The number of hydrogen-bond donors (Lipinski definition) is 2. The van der Waals surface area contributed by atoms with Gasteiger partial charge in [-0.3, -0.25) is 4.98 Å². The summed E-state index contributed by atoms with van der Waals surface area (Å²) in [6.45, 7) is 3.31. The minimum Gasteiger partial charge on any atom is -0.315 e. The fraction of sp³-hybridized carbons (Fsp3) is 0.615. The molecule has 16 heavy (non-hydrogen) atoms. The number of hydrogen-bond acceptors (Lipinski definition) is 3. The minimum atomic E-state index is 0.832. The lowest BCUT2D eigenvalue weighted by Crippen LogP contribution is -2.29. The first kappa shape index (κ1) is 11.6. The molecule has 0 spiro atoms. The van der Waals surface area contributed by atoms with Crippen molar-refractivity contribution in [3.63, 3.8) is 0 Å². The van der Waals surface area contributed by atoms with Gasteiger partial charge < -0.3 is 10.6 Å². The van der Waals surface area contributed by atoms with E-state index in [1.165, 1.54) is 24.8 Å². The average Bonchev–Trinajstić information content (AvgIpc) is 3.13. The highest BCUT2D eigenvalue weighted by atomic mass is 15.0. The summed E-state index contributed by atoms with van der Waals surface area (Å²) in [5.41, 5.74) is 1.38. The van der Waals surface area contributed by atoms with Crippen molar-refractivity contribution < 1.29 is 0 Å². The van der Waals surface area contributed by atoms with Crippen molar-refractivity contribution in [2.75, 3.05) is 19.6 Å². The van der Waals surface area contributed by atoms with Gasteiger partial charge in [-0.15, -0.1) is 0 Å². The molecule has 0 atom stereocenters.